The van der Waals surface area contributed by atoms with Gasteiger partial charge < -0.3 is 19.9 Å². The fourth-order valence-corrected chi connectivity index (χ4v) is 5.31. The van der Waals surface area contributed by atoms with Crippen LogP contribution >= 0.6 is 0 Å². The Balaban J connectivity index is 1.45. The molecule has 2 aliphatic rings. The number of fused-ring (bicyclic) bond motifs is 1. The second-order valence-corrected chi connectivity index (χ2v) is 9.97. The van der Waals surface area contributed by atoms with E-state index in [-0.39, 0.29) is 6.10 Å². The highest BCUT2D eigenvalue weighted by Crippen LogP contribution is 2.38. The number of anilines is 1. The van der Waals surface area contributed by atoms with Crippen molar-refractivity contribution in [3.63, 3.8) is 0 Å². The van der Waals surface area contributed by atoms with Crippen molar-refractivity contribution in [2.24, 2.45) is 0 Å². The van der Waals surface area contributed by atoms with Gasteiger partial charge in [0.15, 0.2) is 0 Å². The van der Waals surface area contributed by atoms with Crippen molar-refractivity contribution in [3.05, 3.63) is 82.4 Å². The monoisotopic (exact) mass is 471 g/mol. The molecule has 5 nitrogen and oxygen atoms in total. The predicted molar refractivity (Wildman–Crippen MR) is 138 cm³/mol. The highest BCUT2D eigenvalue weighted by atomic mass is 16.5. The Kier molecular flexibility index (Phi) is 6.28. The number of carbonyl (C=O) groups is 1. The molecule has 0 radical (unpaired) electrons. The second kappa shape index (κ2) is 9.38. The molecule has 0 heterocycles. The van der Waals surface area contributed by atoms with Gasteiger partial charge in [0.2, 0.25) is 0 Å². The first-order valence-electron chi connectivity index (χ1n) is 12.4. The summed E-state index contributed by atoms with van der Waals surface area (Å²) in [6.07, 6.45) is 4.20. The van der Waals surface area contributed by atoms with Gasteiger partial charge in [-0.05, 0) is 103 Å². The summed E-state index contributed by atoms with van der Waals surface area (Å²) in [6.45, 7) is 4.62. The minimum absolute atomic E-state index is 0.142. The van der Waals surface area contributed by atoms with E-state index in [4.69, 9.17) is 9.47 Å². The van der Waals surface area contributed by atoms with E-state index in [9.17, 15) is 9.90 Å². The summed E-state index contributed by atoms with van der Waals surface area (Å²) in [5.41, 5.74) is 8.16. The third-order valence-electron chi connectivity index (χ3n) is 7.74. The summed E-state index contributed by atoms with van der Waals surface area (Å²) in [6, 6.07) is 18.9. The highest BCUT2D eigenvalue weighted by molar-refractivity contribution is 5.84. The van der Waals surface area contributed by atoms with Crippen molar-refractivity contribution in [3.8, 4) is 16.9 Å². The van der Waals surface area contributed by atoms with E-state index in [1.165, 1.54) is 16.7 Å². The van der Waals surface area contributed by atoms with Gasteiger partial charge in [-0.2, -0.15) is 0 Å². The van der Waals surface area contributed by atoms with Crippen LogP contribution in [0, 0.1) is 13.8 Å². The van der Waals surface area contributed by atoms with Gasteiger partial charge in [0.1, 0.15) is 11.3 Å². The van der Waals surface area contributed by atoms with E-state index in [0.29, 0.717) is 19.4 Å². The van der Waals surface area contributed by atoms with E-state index in [1.807, 2.05) is 6.07 Å². The standard InChI is InChI=1S/C30H33NO4/c1-19-13-23(17-28(34-3)20(19)2)27-10-9-25(31-30(29(32)33)11-6-12-30)14-24(27)18-35-26-15-21-7-4-5-8-22(21)16-26/h4-5,7-10,13-14,17,26,31H,6,11-12,15-16,18H2,1-3H3,(H,32,33). The molecule has 0 saturated heterocycles. The van der Waals surface area contributed by atoms with Crippen molar-refractivity contribution in [1.29, 1.82) is 0 Å². The molecule has 2 N–H and O–H groups in total. The van der Waals surface area contributed by atoms with E-state index in [2.05, 4.69) is 67.7 Å². The maximum Gasteiger partial charge on any atom is 0.329 e. The molecule has 0 spiro atoms. The van der Waals surface area contributed by atoms with Crippen LogP contribution in [0.15, 0.2) is 54.6 Å². The molecule has 0 aromatic heterocycles. The maximum atomic E-state index is 11.9. The number of rotatable bonds is 8. The Morgan fingerprint density at radius 3 is 2.37 bits per heavy atom. The van der Waals surface area contributed by atoms with Gasteiger partial charge in [-0.15, -0.1) is 0 Å². The largest absolute Gasteiger partial charge is 0.496 e. The van der Waals surface area contributed by atoms with E-state index in [1.54, 1.807) is 7.11 Å². The molecule has 1 fully saturated rings. The topological polar surface area (TPSA) is 67.8 Å². The lowest BCUT2D eigenvalue weighted by Crippen LogP contribution is -2.52. The summed E-state index contributed by atoms with van der Waals surface area (Å²) in [4.78, 5) is 11.9. The van der Waals surface area contributed by atoms with Gasteiger partial charge in [0, 0.05) is 5.69 Å². The number of carboxylic acids is 1. The van der Waals surface area contributed by atoms with Crippen LogP contribution in [0.4, 0.5) is 5.69 Å². The van der Waals surface area contributed by atoms with Gasteiger partial charge in [0.25, 0.3) is 0 Å². The van der Waals surface area contributed by atoms with Crippen LogP contribution in [0.2, 0.25) is 0 Å². The summed E-state index contributed by atoms with van der Waals surface area (Å²) < 4.78 is 12.1. The van der Waals surface area contributed by atoms with Crippen LogP contribution in [0.25, 0.3) is 11.1 Å². The molecule has 1 saturated carbocycles. The van der Waals surface area contributed by atoms with Crippen molar-refractivity contribution in [2.75, 3.05) is 12.4 Å². The zero-order valence-corrected chi connectivity index (χ0v) is 20.7. The van der Waals surface area contributed by atoms with Gasteiger partial charge in [0.05, 0.1) is 19.8 Å². The molecule has 0 bridgehead atoms. The summed E-state index contributed by atoms with van der Waals surface area (Å²) in [5.74, 6) is 0.0767. The van der Waals surface area contributed by atoms with Crippen LogP contribution in [0.5, 0.6) is 5.75 Å². The van der Waals surface area contributed by atoms with Gasteiger partial charge in [-0.25, -0.2) is 4.79 Å². The number of benzene rings is 3. The third-order valence-corrected chi connectivity index (χ3v) is 7.74. The lowest BCUT2D eigenvalue weighted by Gasteiger charge is -2.39. The Labute approximate surface area is 207 Å². The molecule has 182 valence electrons. The molecule has 0 aliphatic heterocycles. The van der Waals surface area contributed by atoms with Crippen LogP contribution < -0.4 is 10.1 Å². The van der Waals surface area contributed by atoms with Crippen molar-refractivity contribution in [1.82, 2.24) is 0 Å². The molecule has 0 atom stereocenters. The number of hydrogen-bond donors (Lipinski definition) is 2. The number of hydrogen-bond acceptors (Lipinski definition) is 4. The SMILES string of the molecule is COc1cc(-c2ccc(NC3(C(=O)O)CCC3)cc2COC2Cc3ccccc3C2)cc(C)c1C. The molecule has 3 aromatic carbocycles. The number of methoxy groups -OCH3 is 1. The smallest absolute Gasteiger partial charge is 0.329 e. The fourth-order valence-electron chi connectivity index (χ4n) is 5.31. The minimum Gasteiger partial charge on any atom is -0.496 e. The summed E-state index contributed by atoms with van der Waals surface area (Å²) >= 11 is 0. The van der Waals surface area contributed by atoms with Gasteiger partial charge in [-0.1, -0.05) is 36.4 Å². The Bertz CT molecular complexity index is 1240. The number of aryl methyl sites for hydroxylation is 1. The third kappa shape index (κ3) is 4.53. The molecule has 5 rings (SSSR count). The average Bonchev–Trinajstić information content (AvgIpc) is 3.24. The van der Waals surface area contributed by atoms with Crippen LogP contribution in [0.3, 0.4) is 0 Å². The van der Waals surface area contributed by atoms with Gasteiger partial charge >= 0.3 is 5.97 Å². The predicted octanol–water partition coefficient (Wildman–Crippen LogP) is 6.08. The zero-order valence-electron chi connectivity index (χ0n) is 20.7. The molecule has 35 heavy (non-hydrogen) atoms. The molecular weight excluding hydrogens is 438 g/mol. The molecule has 2 aliphatic carbocycles. The first kappa shape index (κ1) is 23.4. The molecule has 0 amide bonds. The van der Waals surface area contributed by atoms with E-state index >= 15 is 0 Å². The second-order valence-electron chi connectivity index (χ2n) is 9.97. The number of carboxylic acid groups (broad SMARTS) is 1. The average molecular weight is 472 g/mol. The maximum absolute atomic E-state index is 11.9. The summed E-state index contributed by atoms with van der Waals surface area (Å²) in [5, 5.41) is 13.1. The van der Waals surface area contributed by atoms with Crippen LogP contribution in [0.1, 0.15) is 47.1 Å². The lowest BCUT2D eigenvalue weighted by molar-refractivity contribution is -0.145. The molecule has 3 aromatic rings. The van der Waals surface area contributed by atoms with Crippen molar-refractivity contribution < 1.29 is 19.4 Å². The normalized spacial score (nSPS) is 16.4. The fraction of sp³-hybridized carbons (Fsp3) is 0.367. The lowest BCUT2D eigenvalue weighted by atomic mass is 9.76. The number of aliphatic carboxylic acids is 1. The van der Waals surface area contributed by atoms with E-state index < -0.39 is 11.5 Å². The quantitative estimate of drug-likeness (QED) is 0.417. The Hall–Kier alpha value is -3.31. The first-order valence-corrected chi connectivity index (χ1v) is 12.4. The molecule has 0 unspecified atom stereocenters. The highest BCUT2D eigenvalue weighted by Gasteiger charge is 2.44. The van der Waals surface area contributed by atoms with Crippen molar-refractivity contribution >= 4 is 11.7 Å². The van der Waals surface area contributed by atoms with E-state index in [0.717, 1.165) is 53.0 Å². The zero-order chi connectivity index (χ0) is 24.6. The minimum atomic E-state index is -0.865. The summed E-state index contributed by atoms with van der Waals surface area (Å²) in [7, 11) is 1.70. The Morgan fingerprint density at radius 2 is 1.77 bits per heavy atom. The molecule has 5 heteroatoms. The molecular formula is C30H33NO4. The van der Waals surface area contributed by atoms with Crippen LogP contribution in [-0.4, -0.2) is 29.8 Å². The first-order chi connectivity index (χ1) is 16.9. The number of nitrogens with one attached hydrogen (secondary N) is 1. The van der Waals surface area contributed by atoms with Gasteiger partial charge in [-0.3, -0.25) is 0 Å². The number of ether oxygens (including phenoxy) is 2. The van der Waals surface area contributed by atoms with Crippen molar-refractivity contribution in [2.45, 2.75) is 64.2 Å². The Morgan fingerprint density at radius 1 is 1.06 bits per heavy atom. The van der Waals surface area contributed by atoms with Crippen LogP contribution in [-0.2, 0) is 29.0 Å².